The summed E-state index contributed by atoms with van der Waals surface area (Å²) in [5, 5.41) is 0. The summed E-state index contributed by atoms with van der Waals surface area (Å²) in [6.45, 7) is 2.00. The van der Waals surface area contributed by atoms with Gasteiger partial charge in [0.15, 0.2) is 5.78 Å². The molecule has 0 aliphatic heterocycles. The van der Waals surface area contributed by atoms with Crippen LogP contribution in [0.1, 0.15) is 34.7 Å². The number of hydrogen-bond acceptors (Lipinski definition) is 6. The van der Waals surface area contributed by atoms with E-state index in [1.807, 2.05) is 0 Å². The minimum Gasteiger partial charge on any atom is -0.428 e. The summed E-state index contributed by atoms with van der Waals surface area (Å²) < 4.78 is 9.10. The molecular formula is C11H11NO5. The molecule has 0 aliphatic carbocycles. The molecule has 6 heteroatoms. The van der Waals surface area contributed by atoms with Crippen LogP contribution in [-0.4, -0.2) is 29.5 Å². The standard InChI is InChI=1S/C11H11NO5/c1-7(13)10-9(4-3-5-12-10)11(15)17-6-16-8(2)14/h3-5H,6H2,1-2H3. The Morgan fingerprint density at radius 1 is 1.24 bits per heavy atom. The summed E-state index contributed by atoms with van der Waals surface area (Å²) in [6, 6.07) is 2.93. The first-order valence-corrected chi connectivity index (χ1v) is 4.79. The summed E-state index contributed by atoms with van der Waals surface area (Å²) in [5.41, 5.74) is 0.0764. The number of ketones is 1. The van der Waals surface area contributed by atoms with Crippen LogP contribution in [0.15, 0.2) is 18.3 Å². The lowest BCUT2D eigenvalue weighted by Gasteiger charge is -2.06. The third kappa shape index (κ3) is 3.67. The number of esters is 2. The number of ether oxygens (including phenoxy) is 2. The van der Waals surface area contributed by atoms with Gasteiger partial charge >= 0.3 is 11.9 Å². The first-order chi connectivity index (χ1) is 8.02. The van der Waals surface area contributed by atoms with Crippen molar-refractivity contribution in [3.8, 4) is 0 Å². The first kappa shape index (κ1) is 12.8. The van der Waals surface area contributed by atoms with Crippen LogP contribution in [0.4, 0.5) is 0 Å². The van der Waals surface area contributed by atoms with Gasteiger partial charge in [0.25, 0.3) is 0 Å². The van der Waals surface area contributed by atoms with E-state index >= 15 is 0 Å². The van der Waals surface area contributed by atoms with E-state index in [-0.39, 0.29) is 17.0 Å². The molecule has 0 aliphatic rings. The predicted octanol–water partition coefficient (Wildman–Crippen LogP) is 0.962. The lowest BCUT2D eigenvalue weighted by molar-refractivity contribution is -0.149. The fraction of sp³-hybridized carbons (Fsp3) is 0.273. The largest absolute Gasteiger partial charge is 0.428 e. The summed E-state index contributed by atoms with van der Waals surface area (Å²) in [4.78, 5) is 37.0. The fourth-order valence-electron chi connectivity index (χ4n) is 1.09. The van der Waals surface area contributed by atoms with Gasteiger partial charge in [-0.15, -0.1) is 0 Å². The van der Waals surface area contributed by atoms with Crippen LogP contribution in [0.5, 0.6) is 0 Å². The lowest BCUT2D eigenvalue weighted by Crippen LogP contribution is -2.15. The molecule has 0 bridgehead atoms. The van der Waals surface area contributed by atoms with Gasteiger partial charge in [0.1, 0.15) is 5.69 Å². The van der Waals surface area contributed by atoms with Crippen molar-refractivity contribution in [2.45, 2.75) is 13.8 Å². The zero-order chi connectivity index (χ0) is 12.8. The minimum absolute atomic E-state index is 0.0281. The molecule has 0 saturated carbocycles. The van der Waals surface area contributed by atoms with Crippen molar-refractivity contribution < 1.29 is 23.9 Å². The van der Waals surface area contributed by atoms with E-state index in [9.17, 15) is 14.4 Å². The van der Waals surface area contributed by atoms with Gasteiger partial charge in [0, 0.05) is 20.0 Å². The Kier molecular flexibility index (Phi) is 4.33. The molecule has 0 N–H and O–H groups in total. The summed E-state index contributed by atoms with van der Waals surface area (Å²) in [5.74, 6) is -1.66. The number of carbonyl (C=O) groups is 3. The second-order valence-corrected chi connectivity index (χ2v) is 3.14. The smallest absolute Gasteiger partial charge is 0.343 e. The van der Waals surface area contributed by atoms with E-state index < -0.39 is 18.7 Å². The van der Waals surface area contributed by atoms with Crippen molar-refractivity contribution >= 4 is 17.7 Å². The van der Waals surface area contributed by atoms with Gasteiger partial charge in [0.05, 0.1) is 5.56 Å². The molecule has 1 aromatic rings. The highest BCUT2D eigenvalue weighted by Crippen LogP contribution is 2.08. The van der Waals surface area contributed by atoms with Crippen LogP contribution >= 0.6 is 0 Å². The van der Waals surface area contributed by atoms with Gasteiger partial charge in [-0.05, 0) is 12.1 Å². The number of rotatable bonds is 4. The van der Waals surface area contributed by atoms with Crippen LogP contribution in [0.25, 0.3) is 0 Å². The second-order valence-electron chi connectivity index (χ2n) is 3.14. The summed E-state index contributed by atoms with van der Waals surface area (Å²) in [7, 11) is 0. The van der Waals surface area contributed by atoms with Crippen molar-refractivity contribution in [1.82, 2.24) is 4.98 Å². The molecule has 1 rings (SSSR count). The van der Waals surface area contributed by atoms with E-state index in [1.165, 1.54) is 32.2 Å². The highest BCUT2D eigenvalue weighted by Gasteiger charge is 2.16. The van der Waals surface area contributed by atoms with Gasteiger partial charge in [-0.1, -0.05) is 0 Å². The van der Waals surface area contributed by atoms with Gasteiger partial charge in [-0.2, -0.15) is 0 Å². The molecule has 0 saturated heterocycles. The quantitative estimate of drug-likeness (QED) is 0.440. The molecule has 0 radical (unpaired) electrons. The molecule has 90 valence electrons. The highest BCUT2D eigenvalue weighted by atomic mass is 16.7. The number of nitrogens with zero attached hydrogens (tertiary/aromatic N) is 1. The summed E-state index contributed by atoms with van der Waals surface area (Å²) >= 11 is 0. The van der Waals surface area contributed by atoms with E-state index in [0.717, 1.165) is 0 Å². The maximum absolute atomic E-state index is 11.5. The normalized spacial score (nSPS) is 9.53. The Labute approximate surface area is 97.6 Å². The van der Waals surface area contributed by atoms with Gasteiger partial charge in [0.2, 0.25) is 6.79 Å². The number of Topliss-reactive ketones (excluding diaryl/α,β-unsaturated/α-hetero) is 1. The van der Waals surface area contributed by atoms with Crippen LogP contribution in [0, 0.1) is 0 Å². The molecule has 0 spiro atoms. The Hall–Kier alpha value is -2.24. The topological polar surface area (TPSA) is 82.6 Å². The maximum atomic E-state index is 11.5. The molecular weight excluding hydrogens is 226 g/mol. The molecule has 0 unspecified atom stereocenters. The Morgan fingerprint density at radius 3 is 2.53 bits per heavy atom. The van der Waals surface area contributed by atoms with E-state index in [4.69, 9.17) is 0 Å². The van der Waals surface area contributed by atoms with Crippen molar-refractivity contribution in [1.29, 1.82) is 0 Å². The molecule has 1 aromatic heterocycles. The third-order valence-electron chi connectivity index (χ3n) is 1.81. The second kappa shape index (κ2) is 5.74. The third-order valence-corrected chi connectivity index (χ3v) is 1.81. The zero-order valence-corrected chi connectivity index (χ0v) is 9.43. The summed E-state index contributed by atoms with van der Waals surface area (Å²) in [6.07, 6.45) is 1.40. The Bertz CT molecular complexity index is 455. The SMILES string of the molecule is CC(=O)OCOC(=O)c1cccnc1C(C)=O. The molecule has 17 heavy (non-hydrogen) atoms. The lowest BCUT2D eigenvalue weighted by atomic mass is 10.1. The Morgan fingerprint density at radius 2 is 1.94 bits per heavy atom. The van der Waals surface area contributed by atoms with Gasteiger partial charge in [-0.25, -0.2) is 4.79 Å². The van der Waals surface area contributed by atoms with Gasteiger partial charge < -0.3 is 9.47 Å². The van der Waals surface area contributed by atoms with Crippen LogP contribution in [-0.2, 0) is 14.3 Å². The number of hydrogen-bond donors (Lipinski definition) is 0. The highest BCUT2D eigenvalue weighted by molar-refractivity contribution is 6.03. The molecule has 0 atom stereocenters. The monoisotopic (exact) mass is 237 g/mol. The number of carbonyl (C=O) groups excluding carboxylic acids is 3. The van der Waals surface area contributed by atoms with Crippen molar-refractivity contribution in [2.24, 2.45) is 0 Å². The fourth-order valence-corrected chi connectivity index (χ4v) is 1.09. The van der Waals surface area contributed by atoms with Crippen LogP contribution in [0.2, 0.25) is 0 Å². The van der Waals surface area contributed by atoms with Crippen LogP contribution in [0.3, 0.4) is 0 Å². The van der Waals surface area contributed by atoms with E-state index in [0.29, 0.717) is 0 Å². The van der Waals surface area contributed by atoms with E-state index in [2.05, 4.69) is 14.5 Å². The molecule has 0 aromatic carbocycles. The average Bonchev–Trinajstić information content (AvgIpc) is 2.28. The van der Waals surface area contributed by atoms with Crippen molar-refractivity contribution in [3.05, 3.63) is 29.6 Å². The number of aromatic nitrogens is 1. The Balaban J connectivity index is 2.75. The van der Waals surface area contributed by atoms with Gasteiger partial charge in [-0.3, -0.25) is 14.6 Å². The molecule has 0 amide bonds. The average molecular weight is 237 g/mol. The number of pyridine rings is 1. The van der Waals surface area contributed by atoms with E-state index in [1.54, 1.807) is 0 Å². The minimum atomic E-state index is -0.760. The van der Waals surface area contributed by atoms with Crippen LogP contribution < -0.4 is 0 Å². The molecule has 6 nitrogen and oxygen atoms in total. The molecule has 0 fully saturated rings. The van der Waals surface area contributed by atoms with Crippen molar-refractivity contribution in [2.75, 3.05) is 6.79 Å². The predicted molar refractivity (Wildman–Crippen MR) is 56.3 cm³/mol. The van der Waals surface area contributed by atoms with Crippen molar-refractivity contribution in [3.63, 3.8) is 0 Å². The molecule has 1 heterocycles. The first-order valence-electron chi connectivity index (χ1n) is 4.79. The zero-order valence-electron chi connectivity index (χ0n) is 9.43. The maximum Gasteiger partial charge on any atom is 0.343 e.